The first-order valence-corrected chi connectivity index (χ1v) is 8.85. The molecule has 1 amide bonds. The Kier molecular flexibility index (Phi) is 9.02. The van der Waals surface area contributed by atoms with Gasteiger partial charge in [-0.25, -0.2) is 0 Å². The quantitative estimate of drug-likeness (QED) is 0.779. The lowest BCUT2D eigenvalue weighted by molar-refractivity contribution is -0.135. The predicted octanol–water partition coefficient (Wildman–Crippen LogP) is 2.80. The summed E-state index contributed by atoms with van der Waals surface area (Å²) in [6, 6.07) is 3.95. The Bertz CT molecular complexity index is 570. The van der Waals surface area contributed by atoms with Crippen LogP contribution in [0.4, 0.5) is 0 Å². The molecule has 1 aromatic rings. The molecule has 1 aromatic carbocycles. The lowest BCUT2D eigenvalue weighted by atomic mass is 9.96. The summed E-state index contributed by atoms with van der Waals surface area (Å²) in [4.78, 5) is 14.7. The molecule has 1 aliphatic heterocycles. The van der Waals surface area contributed by atoms with Gasteiger partial charge in [-0.2, -0.15) is 0 Å². The molecule has 6 nitrogen and oxygen atoms in total. The Morgan fingerprint density at radius 1 is 1.19 bits per heavy atom. The molecular weight excluding hydrogens is 356 g/mol. The van der Waals surface area contributed by atoms with Crippen LogP contribution in [0.2, 0.25) is 0 Å². The lowest BCUT2D eigenvalue weighted by Gasteiger charge is -2.38. The number of halogens is 1. The van der Waals surface area contributed by atoms with Gasteiger partial charge in [0.05, 0.1) is 21.3 Å². The van der Waals surface area contributed by atoms with E-state index in [9.17, 15) is 4.79 Å². The van der Waals surface area contributed by atoms with E-state index in [-0.39, 0.29) is 30.4 Å². The molecule has 148 valence electrons. The van der Waals surface area contributed by atoms with E-state index in [1.807, 2.05) is 24.0 Å². The van der Waals surface area contributed by atoms with E-state index in [0.29, 0.717) is 30.1 Å². The van der Waals surface area contributed by atoms with Gasteiger partial charge in [-0.3, -0.25) is 4.79 Å². The Morgan fingerprint density at radius 3 is 2.31 bits per heavy atom. The first-order valence-electron chi connectivity index (χ1n) is 8.85. The van der Waals surface area contributed by atoms with Gasteiger partial charge in [0, 0.05) is 25.0 Å². The van der Waals surface area contributed by atoms with Crippen LogP contribution in [-0.2, 0) is 11.2 Å². The van der Waals surface area contributed by atoms with E-state index in [1.54, 1.807) is 21.3 Å². The van der Waals surface area contributed by atoms with Gasteiger partial charge in [0.1, 0.15) is 0 Å². The van der Waals surface area contributed by atoms with Crippen LogP contribution in [-0.4, -0.2) is 50.8 Å². The highest BCUT2D eigenvalue weighted by molar-refractivity contribution is 5.85. The van der Waals surface area contributed by atoms with Crippen LogP contribution in [0.1, 0.15) is 38.2 Å². The number of nitrogens with two attached hydrogens (primary N) is 1. The molecule has 1 saturated heterocycles. The van der Waals surface area contributed by atoms with Crippen LogP contribution in [0.25, 0.3) is 0 Å². The number of likely N-dealkylation sites (tertiary alicyclic amines) is 1. The molecule has 0 radical (unpaired) electrons. The number of benzene rings is 1. The van der Waals surface area contributed by atoms with Crippen LogP contribution < -0.4 is 19.9 Å². The van der Waals surface area contributed by atoms with Gasteiger partial charge < -0.3 is 24.8 Å². The van der Waals surface area contributed by atoms with Crippen molar-refractivity contribution in [1.29, 1.82) is 0 Å². The van der Waals surface area contributed by atoms with E-state index in [0.717, 1.165) is 31.4 Å². The molecule has 1 heterocycles. The van der Waals surface area contributed by atoms with E-state index < -0.39 is 0 Å². The summed E-state index contributed by atoms with van der Waals surface area (Å²) >= 11 is 0. The molecule has 2 unspecified atom stereocenters. The third-order valence-electron chi connectivity index (χ3n) is 4.83. The molecule has 0 aromatic heterocycles. The summed E-state index contributed by atoms with van der Waals surface area (Å²) in [7, 11) is 4.76. The number of ether oxygens (including phenoxy) is 3. The Morgan fingerprint density at radius 2 is 1.81 bits per heavy atom. The second kappa shape index (κ2) is 10.5. The SMILES string of the molecule is COc1cc(CCC(=O)N2CCCCC2C(C)N)cc(OC)c1OC.Cl. The van der Waals surface area contributed by atoms with Crippen molar-refractivity contribution in [3.05, 3.63) is 17.7 Å². The maximum atomic E-state index is 12.7. The zero-order valence-corrected chi connectivity index (χ0v) is 16.9. The standard InChI is InChI=1S/C19H30N2O4.ClH/c1-13(20)15-7-5-6-10-21(15)18(22)9-8-14-11-16(23-2)19(25-4)17(12-14)24-3;/h11-13,15H,5-10,20H2,1-4H3;1H. The van der Waals surface area contributed by atoms with E-state index in [4.69, 9.17) is 19.9 Å². The number of nitrogens with zero attached hydrogens (tertiary/aromatic N) is 1. The average molecular weight is 387 g/mol. The molecular formula is C19H31ClN2O4. The van der Waals surface area contributed by atoms with Gasteiger partial charge in [-0.05, 0) is 50.3 Å². The van der Waals surface area contributed by atoms with Gasteiger partial charge in [0.25, 0.3) is 0 Å². The topological polar surface area (TPSA) is 74.0 Å². The van der Waals surface area contributed by atoms with Crippen molar-refractivity contribution < 1.29 is 19.0 Å². The third kappa shape index (κ3) is 5.17. The monoisotopic (exact) mass is 386 g/mol. The first kappa shape index (κ1) is 22.4. The summed E-state index contributed by atoms with van der Waals surface area (Å²) in [6.45, 7) is 2.79. The number of carbonyl (C=O) groups is 1. The highest BCUT2D eigenvalue weighted by Crippen LogP contribution is 2.38. The van der Waals surface area contributed by atoms with Crippen molar-refractivity contribution in [2.45, 2.75) is 51.1 Å². The number of aryl methyl sites for hydroxylation is 1. The van der Waals surface area contributed by atoms with Crippen LogP contribution >= 0.6 is 12.4 Å². The fraction of sp³-hybridized carbons (Fsp3) is 0.632. The minimum Gasteiger partial charge on any atom is -0.493 e. The normalized spacial score (nSPS) is 17.9. The van der Waals surface area contributed by atoms with Gasteiger partial charge in [-0.1, -0.05) is 0 Å². The summed E-state index contributed by atoms with van der Waals surface area (Å²) in [5.74, 6) is 1.94. The van der Waals surface area contributed by atoms with E-state index in [2.05, 4.69) is 0 Å². The molecule has 1 aliphatic rings. The summed E-state index contributed by atoms with van der Waals surface area (Å²) in [5, 5.41) is 0. The Labute approximate surface area is 162 Å². The predicted molar refractivity (Wildman–Crippen MR) is 105 cm³/mol. The van der Waals surface area contributed by atoms with Crippen LogP contribution in [0.15, 0.2) is 12.1 Å². The number of hydrogen-bond donors (Lipinski definition) is 1. The second-order valence-corrected chi connectivity index (χ2v) is 6.54. The number of rotatable bonds is 7. The van der Waals surface area contributed by atoms with Crippen molar-refractivity contribution in [3.8, 4) is 17.2 Å². The van der Waals surface area contributed by atoms with Gasteiger partial charge in [0.15, 0.2) is 11.5 Å². The molecule has 0 bridgehead atoms. The highest BCUT2D eigenvalue weighted by atomic mass is 35.5. The highest BCUT2D eigenvalue weighted by Gasteiger charge is 2.28. The largest absolute Gasteiger partial charge is 0.493 e. The van der Waals surface area contributed by atoms with Crippen LogP contribution in [0.5, 0.6) is 17.2 Å². The van der Waals surface area contributed by atoms with Crippen molar-refractivity contribution in [1.82, 2.24) is 4.90 Å². The number of carbonyl (C=O) groups excluding carboxylic acids is 1. The molecule has 2 rings (SSSR count). The molecule has 2 N–H and O–H groups in total. The van der Waals surface area contributed by atoms with E-state index in [1.165, 1.54) is 0 Å². The summed E-state index contributed by atoms with van der Waals surface area (Å²) < 4.78 is 16.1. The van der Waals surface area contributed by atoms with Gasteiger partial charge in [0.2, 0.25) is 11.7 Å². The minimum atomic E-state index is 0. The summed E-state index contributed by atoms with van der Waals surface area (Å²) in [5.41, 5.74) is 7.05. The number of piperidine rings is 1. The van der Waals surface area contributed by atoms with Crippen molar-refractivity contribution in [3.63, 3.8) is 0 Å². The second-order valence-electron chi connectivity index (χ2n) is 6.54. The maximum absolute atomic E-state index is 12.7. The Balaban J connectivity index is 0.00000338. The number of hydrogen-bond acceptors (Lipinski definition) is 5. The fourth-order valence-corrected chi connectivity index (χ4v) is 3.49. The van der Waals surface area contributed by atoms with Crippen molar-refractivity contribution in [2.75, 3.05) is 27.9 Å². The zero-order chi connectivity index (χ0) is 18.4. The zero-order valence-electron chi connectivity index (χ0n) is 16.1. The van der Waals surface area contributed by atoms with Gasteiger partial charge in [-0.15, -0.1) is 12.4 Å². The lowest BCUT2D eigenvalue weighted by Crippen LogP contribution is -2.51. The molecule has 0 aliphatic carbocycles. The van der Waals surface area contributed by atoms with Crippen molar-refractivity contribution >= 4 is 18.3 Å². The van der Waals surface area contributed by atoms with Crippen LogP contribution in [0.3, 0.4) is 0 Å². The third-order valence-corrected chi connectivity index (χ3v) is 4.83. The minimum absolute atomic E-state index is 0. The Hall–Kier alpha value is -1.66. The number of methoxy groups -OCH3 is 3. The smallest absolute Gasteiger partial charge is 0.223 e. The average Bonchev–Trinajstić information content (AvgIpc) is 2.64. The molecule has 1 fully saturated rings. The molecule has 0 saturated carbocycles. The fourth-order valence-electron chi connectivity index (χ4n) is 3.49. The molecule has 0 spiro atoms. The first-order chi connectivity index (χ1) is 12.0. The van der Waals surface area contributed by atoms with Gasteiger partial charge >= 0.3 is 0 Å². The van der Waals surface area contributed by atoms with Crippen LogP contribution in [0, 0.1) is 0 Å². The van der Waals surface area contributed by atoms with Crippen molar-refractivity contribution in [2.24, 2.45) is 5.73 Å². The van der Waals surface area contributed by atoms with E-state index >= 15 is 0 Å². The molecule has 7 heteroatoms. The molecule has 2 atom stereocenters. The summed E-state index contributed by atoms with van der Waals surface area (Å²) in [6.07, 6.45) is 4.26. The maximum Gasteiger partial charge on any atom is 0.223 e. The molecule has 26 heavy (non-hydrogen) atoms. The number of amides is 1.